The molecule has 1 fully saturated rings. The van der Waals surface area contributed by atoms with E-state index in [0.717, 1.165) is 4.31 Å². The predicted octanol–water partition coefficient (Wildman–Crippen LogP) is 1.89. The molecule has 1 amide bonds. The summed E-state index contributed by atoms with van der Waals surface area (Å²) in [6, 6.07) is 13.3. The molecule has 0 radical (unpaired) electrons. The fraction of sp³-hybridized carbons (Fsp3) is 0.261. The maximum atomic E-state index is 14.3. The van der Waals surface area contributed by atoms with Crippen molar-refractivity contribution in [2.45, 2.75) is 0 Å². The molecule has 0 atom stereocenters. The number of H-pyrrole nitrogens is 1. The monoisotopic (exact) mass is 485 g/mol. The largest absolute Gasteiger partial charge is 0.360 e. The Hall–Kier alpha value is -3.57. The SMILES string of the molecule is CN(C)S(=O)(=O)/N=C(\c1ccccc1)N1CCN(C(=O)C(=O)c2c[nH]c3cccc(F)c23)CC1. The number of fused-ring (bicyclic) bond motifs is 1. The lowest BCUT2D eigenvalue weighted by atomic mass is 10.1. The van der Waals surface area contributed by atoms with Gasteiger partial charge in [0.15, 0.2) is 0 Å². The molecule has 1 saturated heterocycles. The number of aromatic nitrogens is 1. The van der Waals surface area contributed by atoms with Gasteiger partial charge in [0, 0.05) is 62.9 Å². The van der Waals surface area contributed by atoms with Crippen molar-refractivity contribution in [1.82, 2.24) is 19.1 Å². The van der Waals surface area contributed by atoms with E-state index in [2.05, 4.69) is 9.38 Å². The van der Waals surface area contributed by atoms with Gasteiger partial charge in [-0.05, 0) is 12.1 Å². The van der Waals surface area contributed by atoms with E-state index in [1.807, 2.05) is 6.07 Å². The molecule has 1 aromatic heterocycles. The first-order valence-electron chi connectivity index (χ1n) is 10.6. The Balaban J connectivity index is 1.53. The number of ketones is 1. The third-order valence-corrected chi connectivity index (χ3v) is 6.98. The molecule has 2 aromatic carbocycles. The number of carbonyl (C=O) groups is 2. The van der Waals surface area contributed by atoms with Crippen LogP contribution in [0, 0.1) is 5.82 Å². The Bertz CT molecular complexity index is 1360. The molecule has 1 aliphatic rings. The summed E-state index contributed by atoms with van der Waals surface area (Å²) in [5, 5.41) is 0.0897. The lowest BCUT2D eigenvalue weighted by Gasteiger charge is -2.36. The number of benzene rings is 2. The summed E-state index contributed by atoms with van der Waals surface area (Å²) in [6.07, 6.45) is 1.34. The van der Waals surface area contributed by atoms with Crippen molar-refractivity contribution >= 4 is 38.6 Å². The maximum absolute atomic E-state index is 14.3. The Labute approximate surface area is 196 Å². The van der Waals surface area contributed by atoms with Crippen molar-refractivity contribution < 1.29 is 22.4 Å². The molecule has 9 nitrogen and oxygen atoms in total. The van der Waals surface area contributed by atoms with Gasteiger partial charge >= 0.3 is 10.2 Å². The van der Waals surface area contributed by atoms with Crippen LogP contribution in [0.3, 0.4) is 0 Å². The molecule has 0 spiro atoms. The van der Waals surface area contributed by atoms with Gasteiger partial charge in [-0.2, -0.15) is 12.7 Å². The van der Waals surface area contributed by atoms with Crippen LogP contribution in [0.1, 0.15) is 15.9 Å². The minimum atomic E-state index is -3.89. The molecule has 178 valence electrons. The molecule has 3 aromatic rings. The van der Waals surface area contributed by atoms with E-state index in [-0.39, 0.29) is 43.0 Å². The second-order valence-electron chi connectivity index (χ2n) is 8.01. The van der Waals surface area contributed by atoms with Crippen LogP contribution in [-0.2, 0) is 15.0 Å². The first-order chi connectivity index (χ1) is 16.2. The quantitative estimate of drug-likeness (QED) is 0.257. The summed E-state index contributed by atoms with van der Waals surface area (Å²) >= 11 is 0. The zero-order valence-corrected chi connectivity index (χ0v) is 19.5. The van der Waals surface area contributed by atoms with Crippen molar-refractivity contribution in [1.29, 1.82) is 0 Å². The fourth-order valence-electron chi connectivity index (χ4n) is 3.77. The summed E-state index contributed by atoms with van der Waals surface area (Å²) in [5.41, 5.74) is 1.05. The number of rotatable bonds is 5. The zero-order chi connectivity index (χ0) is 24.5. The van der Waals surface area contributed by atoms with E-state index in [4.69, 9.17) is 0 Å². The molecule has 1 aliphatic heterocycles. The molecule has 0 saturated carbocycles. The van der Waals surface area contributed by atoms with Gasteiger partial charge in [-0.3, -0.25) is 9.59 Å². The van der Waals surface area contributed by atoms with Crippen molar-refractivity contribution in [3.05, 3.63) is 71.7 Å². The van der Waals surface area contributed by atoms with E-state index >= 15 is 0 Å². The van der Waals surface area contributed by atoms with E-state index in [1.165, 1.54) is 37.3 Å². The van der Waals surface area contributed by atoms with E-state index < -0.39 is 27.7 Å². The number of Topliss-reactive ketones (excluding diaryl/α,β-unsaturated/α-hetero) is 1. The molecule has 0 unspecified atom stereocenters. The summed E-state index contributed by atoms with van der Waals surface area (Å²) < 4.78 is 44.2. The van der Waals surface area contributed by atoms with Crippen LogP contribution in [0.5, 0.6) is 0 Å². The standard InChI is InChI=1S/C23H24FN5O4S/c1-27(2)34(32,33)26-22(16-7-4-3-5-8-16)28-11-13-29(14-12-28)23(31)21(30)17-15-25-19-10-6-9-18(24)20(17)19/h3-10,15,25H,11-14H2,1-2H3/b26-22+. The van der Waals surface area contributed by atoms with E-state index in [9.17, 15) is 22.4 Å². The van der Waals surface area contributed by atoms with Crippen LogP contribution in [-0.4, -0.2) is 85.3 Å². The van der Waals surface area contributed by atoms with Gasteiger partial charge in [-0.1, -0.05) is 36.4 Å². The van der Waals surface area contributed by atoms with Gasteiger partial charge in [-0.15, -0.1) is 4.40 Å². The van der Waals surface area contributed by atoms with Crippen LogP contribution >= 0.6 is 0 Å². The number of nitrogens with zero attached hydrogens (tertiary/aromatic N) is 4. The van der Waals surface area contributed by atoms with Gasteiger partial charge in [0.2, 0.25) is 0 Å². The topological polar surface area (TPSA) is 106 Å². The van der Waals surface area contributed by atoms with Gasteiger partial charge in [0.05, 0.1) is 5.56 Å². The number of amides is 1. The number of hydrogen-bond acceptors (Lipinski definition) is 4. The Morgan fingerprint density at radius 1 is 0.971 bits per heavy atom. The second kappa shape index (κ2) is 9.35. The third kappa shape index (κ3) is 4.57. The first-order valence-corrected chi connectivity index (χ1v) is 12.0. The van der Waals surface area contributed by atoms with Gasteiger partial charge in [0.25, 0.3) is 11.7 Å². The lowest BCUT2D eigenvalue weighted by molar-refractivity contribution is -0.127. The fourth-order valence-corrected chi connectivity index (χ4v) is 4.37. The molecule has 11 heteroatoms. The molecule has 0 aliphatic carbocycles. The van der Waals surface area contributed by atoms with Gasteiger partial charge in [-0.25, -0.2) is 4.39 Å². The molecule has 0 bridgehead atoms. The number of amidine groups is 1. The molecular weight excluding hydrogens is 461 g/mol. The number of aromatic amines is 1. The van der Waals surface area contributed by atoms with Crippen molar-refractivity contribution in [3.63, 3.8) is 0 Å². The number of nitrogens with one attached hydrogen (secondary N) is 1. The molecule has 34 heavy (non-hydrogen) atoms. The average molecular weight is 486 g/mol. The van der Waals surface area contributed by atoms with Crippen LogP contribution < -0.4 is 0 Å². The van der Waals surface area contributed by atoms with Crippen LogP contribution in [0.25, 0.3) is 10.9 Å². The number of piperazine rings is 1. The molecule has 4 rings (SSSR count). The molecule has 1 N–H and O–H groups in total. The summed E-state index contributed by atoms with van der Waals surface area (Å²) in [4.78, 5) is 31.8. The smallest absolute Gasteiger partial charge is 0.323 e. The van der Waals surface area contributed by atoms with Gasteiger partial charge in [0.1, 0.15) is 11.7 Å². The van der Waals surface area contributed by atoms with Gasteiger partial charge < -0.3 is 14.8 Å². The van der Waals surface area contributed by atoms with Crippen molar-refractivity contribution in [3.8, 4) is 0 Å². The number of hydrogen-bond donors (Lipinski definition) is 1. The van der Waals surface area contributed by atoms with Crippen LogP contribution in [0.2, 0.25) is 0 Å². The van der Waals surface area contributed by atoms with E-state index in [0.29, 0.717) is 11.1 Å². The summed E-state index contributed by atoms with van der Waals surface area (Å²) in [7, 11) is -1.09. The van der Waals surface area contributed by atoms with Crippen LogP contribution in [0.4, 0.5) is 4.39 Å². The van der Waals surface area contributed by atoms with Crippen molar-refractivity contribution in [2.24, 2.45) is 4.40 Å². The number of carbonyl (C=O) groups excluding carboxylic acids is 2. The highest BCUT2D eigenvalue weighted by atomic mass is 32.2. The Kier molecular flexibility index (Phi) is 6.49. The van der Waals surface area contributed by atoms with Crippen LogP contribution in [0.15, 0.2) is 59.1 Å². The summed E-state index contributed by atoms with van der Waals surface area (Å²) in [5.74, 6) is -1.84. The van der Waals surface area contributed by atoms with E-state index in [1.54, 1.807) is 35.2 Å². The minimum Gasteiger partial charge on any atom is -0.360 e. The molecular formula is C23H24FN5O4S. The highest BCUT2D eigenvalue weighted by Gasteiger charge is 2.31. The average Bonchev–Trinajstić information content (AvgIpc) is 3.28. The Morgan fingerprint density at radius 3 is 2.26 bits per heavy atom. The number of halogens is 1. The third-order valence-electron chi connectivity index (χ3n) is 5.66. The highest BCUT2D eigenvalue weighted by Crippen LogP contribution is 2.23. The normalized spacial score (nSPS) is 15.2. The highest BCUT2D eigenvalue weighted by molar-refractivity contribution is 7.87. The first kappa shape index (κ1) is 23.6. The maximum Gasteiger partial charge on any atom is 0.323 e. The lowest BCUT2D eigenvalue weighted by Crippen LogP contribution is -2.52. The predicted molar refractivity (Wildman–Crippen MR) is 126 cm³/mol. The second-order valence-corrected chi connectivity index (χ2v) is 9.82. The minimum absolute atomic E-state index is 0.0101. The van der Waals surface area contributed by atoms with Crippen molar-refractivity contribution in [2.75, 3.05) is 40.3 Å². The molecule has 2 heterocycles. The Morgan fingerprint density at radius 2 is 1.62 bits per heavy atom. The zero-order valence-electron chi connectivity index (χ0n) is 18.7. The summed E-state index contributed by atoms with van der Waals surface area (Å²) in [6.45, 7) is 0.919.